The van der Waals surface area contributed by atoms with Crippen LogP contribution in [0.1, 0.15) is 31.4 Å². The minimum atomic E-state index is 0.312. The van der Waals surface area contributed by atoms with Crippen molar-refractivity contribution in [3.63, 3.8) is 0 Å². The minimum absolute atomic E-state index is 0.312. The van der Waals surface area contributed by atoms with Gasteiger partial charge in [-0.05, 0) is 55.5 Å². The van der Waals surface area contributed by atoms with Crippen LogP contribution in [-0.2, 0) is 13.0 Å². The van der Waals surface area contributed by atoms with Crippen LogP contribution in [0.15, 0.2) is 18.2 Å². The molecule has 0 amide bonds. The fraction of sp³-hybridized carbons (Fsp3) is 0.625. The first-order chi connectivity index (χ1) is 9.13. The lowest BCUT2D eigenvalue weighted by molar-refractivity contribution is 0.307. The minimum Gasteiger partial charge on any atom is -0.497 e. The lowest BCUT2D eigenvalue weighted by Gasteiger charge is -2.19. The average Bonchev–Trinajstić information content (AvgIpc) is 2.88. The highest BCUT2D eigenvalue weighted by Gasteiger charge is 2.25. The number of ether oxygens (including phenoxy) is 1. The van der Waals surface area contributed by atoms with Gasteiger partial charge >= 0.3 is 0 Å². The predicted octanol–water partition coefficient (Wildman–Crippen LogP) is 2.43. The van der Waals surface area contributed by atoms with Crippen LogP contribution in [0.2, 0.25) is 0 Å². The molecule has 0 aliphatic carbocycles. The Hall–Kier alpha value is -1.06. The van der Waals surface area contributed by atoms with Gasteiger partial charge in [0, 0.05) is 19.1 Å². The third-order valence-corrected chi connectivity index (χ3v) is 4.24. The van der Waals surface area contributed by atoms with E-state index in [2.05, 4.69) is 36.9 Å². The monoisotopic (exact) mass is 262 g/mol. The van der Waals surface area contributed by atoms with Gasteiger partial charge in [-0.25, -0.2) is 0 Å². The molecule has 2 unspecified atom stereocenters. The zero-order valence-electron chi connectivity index (χ0n) is 12.4. The maximum absolute atomic E-state index is 6.00. The lowest BCUT2D eigenvalue weighted by Crippen LogP contribution is -2.29. The Morgan fingerprint density at radius 3 is 2.79 bits per heavy atom. The topological polar surface area (TPSA) is 38.5 Å². The Morgan fingerprint density at radius 2 is 2.21 bits per heavy atom. The second kappa shape index (κ2) is 6.40. The summed E-state index contributed by atoms with van der Waals surface area (Å²) in [4.78, 5) is 2.52. The standard InChI is InChI=1S/C16H26N2O/c1-4-13-9-16(19-3)6-5-15(13)11-18-8-7-14(10-18)12(2)17/h5-6,9,12,14H,4,7-8,10-11,17H2,1-3H3. The Kier molecular flexibility index (Phi) is 4.83. The van der Waals surface area contributed by atoms with Crippen LogP contribution in [0.25, 0.3) is 0 Å². The highest BCUT2D eigenvalue weighted by molar-refractivity contribution is 5.35. The molecule has 1 aliphatic heterocycles. The molecule has 3 nitrogen and oxygen atoms in total. The van der Waals surface area contributed by atoms with E-state index in [-0.39, 0.29) is 0 Å². The fourth-order valence-electron chi connectivity index (χ4n) is 2.89. The predicted molar refractivity (Wildman–Crippen MR) is 79.4 cm³/mol. The van der Waals surface area contributed by atoms with Gasteiger partial charge in [-0.1, -0.05) is 13.0 Å². The van der Waals surface area contributed by atoms with Crippen molar-refractivity contribution in [3.05, 3.63) is 29.3 Å². The lowest BCUT2D eigenvalue weighted by atomic mass is 10.0. The van der Waals surface area contributed by atoms with Gasteiger partial charge < -0.3 is 10.5 Å². The molecule has 0 aromatic heterocycles. The van der Waals surface area contributed by atoms with Crippen LogP contribution >= 0.6 is 0 Å². The number of methoxy groups -OCH3 is 1. The van der Waals surface area contributed by atoms with Crippen molar-refractivity contribution in [1.82, 2.24) is 4.90 Å². The third-order valence-electron chi connectivity index (χ3n) is 4.24. The molecule has 3 heteroatoms. The highest BCUT2D eigenvalue weighted by Crippen LogP contribution is 2.24. The first-order valence-corrected chi connectivity index (χ1v) is 7.27. The zero-order valence-corrected chi connectivity index (χ0v) is 12.4. The van der Waals surface area contributed by atoms with E-state index in [1.165, 1.54) is 24.1 Å². The van der Waals surface area contributed by atoms with E-state index >= 15 is 0 Å². The summed E-state index contributed by atoms with van der Waals surface area (Å²) in [5.41, 5.74) is 8.82. The Balaban J connectivity index is 2.03. The first-order valence-electron chi connectivity index (χ1n) is 7.27. The summed E-state index contributed by atoms with van der Waals surface area (Å²) in [6.45, 7) is 7.66. The molecule has 1 heterocycles. The summed E-state index contributed by atoms with van der Waals surface area (Å²) < 4.78 is 5.30. The molecule has 0 bridgehead atoms. The molecule has 2 atom stereocenters. The third kappa shape index (κ3) is 3.48. The van der Waals surface area contributed by atoms with Crippen LogP contribution in [0.5, 0.6) is 5.75 Å². The molecule has 1 aromatic rings. The number of likely N-dealkylation sites (tertiary alicyclic amines) is 1. The van der Waals surface area contributed by atoms with Crippen LogP contribution in [0, 0.1) is 5.92 Å². The smallest absolute Gasteiger partial charge is 0.119 e. The SMILES string of the molecule is CCc1cc(OC)ccc1CN1CCC(C(C)N)C1. The average molecular weight is 262 g/mol. The Morgan fingerprint density at radius 1 is 1.42 bits per heavy atom. The summed E-state index contributed by atoms with van der Waals surface area (Å²) in [5.74, 6) is 1.61. The second-order valence-electron chi connectivity index (χ2n) is 5.63. The van der Waals surface area contributed by atoms with Crippen molar-refractivity contribution in [2.75, 3.05) is 20.2 Å². The number of benzene rings is 1. The van der Waals surface area contributed by atoms with Gasteiger partial charge in [-0.3, -0.25) is 4.90 Å². The van der Waals surface area contributed by atoms with Gasteiger partial charge in [0.05, 0.1) is 7.11 Å². The summed E-state index contributed by atoms with van der Waals surface area (Å²) in [6, 6.07) is 6.74. The summed E-state index contributed by atoms with van der Waals surface area (Å²) in [6.07, 6.45) is 2.28. The maximum atomic E-state index is 6.00. The van der Waals surface area contributed by atoms with Crippen molar-refractivity contribution < 1.29 is 4.74 Å². The van der Waals surface area contributed by atoms with Gasteiger partial charge in [-0.2, -0.15) is 0 Å². The van der Waals surface area contributed by atoms with E-state index in [0.29, 0.717) is 12.0 Å². The molecule has 0 saturated carbocycles. The molecule has 0 radical (unpaired) electrons. The Labute approximate surface area is 116 Å². The first kappa shape index (κ1) is 14.4. The molecule has 2 N–H and O–H groups in total. The number of nitrogens with zero attached hydrogens (tertiary/aromatic N) is 1. The van der Waals surface area contributed by atoms with E-state index in [0.717, 1.165) is 25.3 Å². The van der Waals surface area contributed by atoms with Crippen molar-refractivity contribution in [2.24, 2.45) is 11.7 Å². The Bertz CT molecular complexity index is 417. The largest absolute Gasteiger partial charge is 0.497 e. The number of nitrogens with two attached hydrogens (primary N) is 1. The van der Waals surface area contributed by atoms with Gasteiger partial charge in [0.25, 0.3) is 0 Å². The van der Waals surface area contributed by atoms with Gasteiger partial charge in [0.1, 0.15) is 5.75 Å². The summed E-state index contributed by atoms with van der Waals surface area (Å²) >= 11 is 0. The zero-order chi connectivity index (χ0) is 13.8. The maximum Gasteiger partial charge on any atom is 0.119 e. The number of hydrogen-bond acceptors (Lipinski definition) is 3. The van der Waals surface area contributed by atoms with Crippen molar-refractivity contribution in [3.8, 4) is 5.75 Å². The highest BCUT2D eigenvalue weighted by atomic mass is 16.5. The summed E-state index contributed by atoms with van der Waals surface area (Å²) in [7, 11) is 1.72. The van der Waals surface area contributed by atoms with Crippen molar-refractivity contribution in [1.29, 1.82) is 0 Å². The summed E-state index contributed by atoms with van der Waals surface area (Å²) in [5, 5.41) is 0. The van der Waals surface area contributed by atoms with E-state index < -0.39 is 0 Å². The van der Waals surface area contributed by atoms with Crippen LogP contribution in [-0.4, -0.2) is 31.1 Å². The van der Waals surface area contributed by atoms with Gasteiger partial charge in [0.2, 0.25) is 0 Å². The second-order valence-corrected chi connectivity index (χ2v) is 5.63. The van der Waals surface area contributed by atoms with Crippen LogP contribution in [0.4, 0.5) is 0 Å². The van der Waals surface area contributed by atoms with Gasteiger partial charge in [0.15, 0.2) is 0 Å². The number of aryl methyl sites for hydroxylation is 1. The molecule has 19 heavy (non-hydrogen) atoms. The van der Waals surface area contributed by atoms with Crippen molar-refractivity contribution >= 4 is 0 Å². The van der Waals surface area contributed by atoms with E-state index in [1.807, 2.05) is 0 Å². The van der Waals surface area contributed by atoms with Gasteiger partial charge in [-0.15, -0.1) is 0 Å². The van der Waals surface area contributed by atoms with Crippen molar-refractivity contribution in [2.45, 2.75) is 39.3 Å². The molecule has 106 valence electrons. The molecule has 1 aromatic carbocycles. The fourth-order valence-corrected chi connectivity index (χ4v) is 2.89. The molecule has 1 aliphatic rings. The molecule has 1 saturated heterocycles. The molecule has 0 spiro atoms. The molecular weight excluding hydrogens is 236 g/mol. The number of hydrogen-bond donors (Lipinski definition) is 1. The molecule has 1 fully saturated rings. The normalized spacial score (nSPS) is 21.6. The van der Waals surface area contributed by atoms with Crippen LogP contribution in [0.3, 0.4) is 0 Å². The van der Waals surface area contributed by atoms with E-state index in [9.17, 15) is 0 Å². The van der Waals surface area contributed by atoms with E-state index in [1.54, 1.807) is 7.11 Å². The quantitative estimate of drug-likeness (QED) is 0.885. The molecular formula is C16H26N2O. The number of rotatable bonds is 5. The van der Waals surface area contributed by atoms with E-state index in [4.69, 9.17) is 10.5 Å². The van der Waals surface area contributed by atoms with Crippen LogP contribution < -0.4 is 10.5 Å². The molecule has 2 rings (SSSR count).